The van der Waals surface area contributed by atoms with Gasteiger partial charge in [0, 0.05) is 33.0 Å². The van der Waals surface area contributed by atoms with Crippen molar-refractivity contribution in [3.05, 3.63) is 188 Å². The maximum Gasteiger partial charge on any atom is 0.164 e. The quantitative estimate of drug-likeness (QED) is 0.179. The lowest BCUT2D eigenvalue weighted by molar-refractivity contribution is 0.670. The van der Waals surface area contributed by atoms with E-state index in [4.69, 9.17) is 19.4 Å². The Labute approximate surface area is 317 Å². The molecule has 0 fully saturated rings. The van der Waals surface area contributed by atoms with E-state index in [1.807, 2.05) is 12.1 Å². The Morgan fingerprint density at radius 2 is 0.818 bits per heavy atom. The predicted octanol–water partition coefficient (Wildman–Crippen LogP) is 13.6. The maximum atomic E-state index is 6.74. The topological polar surface area (TPSA) is 51.8 Å². The van der Waals surface area contributed by atoms with Crippen LogP contribution in [0.2, 0.25) is 0 Å². The molecule has 0 aliphatic heterocycles. The second-order valence-electron chi connectivity index (χ2n) is 14.0. The lowest BCUT2D eigenvalue weighted by Crippen LogP contribution is -2.00. The van der Waals surface area contributed by atoms with Crippen LogP contribution in [0.15, 0.2) is 192 Å². The van der Waals surface area contributed by atoms with E-state index in [-0.39, 0.29) is 0 Å². The minimum Gasteiger partial charge on any atom is -0.455 e. The highest BCUT2D eigenvalue weighted by molar-refractivity contribution is 6.16. The second-order valence-corrected chi connectivity index (χ2v) is 14.0. The molecule has 0 atom stereocenters. The molecule has 0 saturated heterocycles. The van der Waals surface area contributed by atoms with Crippen LogP contribution in [0.1, 0.15) is 0 Å². The van der Waals surface area contributed by atoms with E-state index < -0.39 is 0 Å². The lowest BCUT2D eigenvalue weighted by Gasteiger charge is -2.11. The van der Waals surface area contributed by atoms with Gasteiger partial charge in [-0.05, 0) is 67.2 Å². The summed E-state index contributed by atoms with van der Waals surface area (Å²) >= 11 is 0. The molecule has 2 heterocycles. The maximum absolute atomic E-state index is 6.74. The first-order chi connectivity index (χ1) is 27.2. The monoisotopic (exact) mass is 701 g/mol. The molecule has 0 unspecified atom stereocenters. The molecule has 9 aromatic carbocycles. The highest BCUT2D eigenvalue weighted by Gasteiger charge is 2.20. The number of para-hydroxylation sites is 1. The molecule has 0 N–H and O–H groups in total. The van der Waals surface area contributed by atoms with Crippen molar-refractivity contribution in [1.29, 1.82) is 0 Å². The number of rotatable bonds is 5. The van der Waals surface area contributed by atoms with Crippen LogP contribution in [0.3, 0.4) is 0 Å². The molecule has 0 amide bonds. The van der Waals surface area contributed by atoms with E-state index in [0.717, 1.165) is 60.7 Å². The molecule has 2 aromatic heterocycles. The molecule has 11 aromatic rings. The van der Waals surface area contributed by atoms with Crippen molar-refractivity contribution in [2.24, 2.45) is 0 Å². The van der Waals surface area contributed by atoms with Crippen LogP contribution in [-0.2, 0) is 0 Å². The summed E-state index contributed by atoms with van der Waals surface area (Å²) in [5.41, 5.74) is 8.86. The molecule has 0 aliphatic rings. The van der Waals surface area contributed by atoms with Gasteiger partial charge in [0.05, 0.1) is 0 Å². The standard InChI is InChI=1S/C51H31N3O/c1-3-13-37-30-39(28-24-32(37)10-1)34-22-26-36(27-23-34)49-52-50(40-29-25-33-11-2-4-14-38(33)31-40)54-51(53-49)45-20-9-21-46-47(45)44-19-8-18-43(48(44)55-46)42-17-7-15-35-12-5-6-16-41(35)42/h1-31H. The zero-order valence-electron chi connectivity index (χ0n) is 29.6. The van der Waals surface area contributed by atoms with Gasteiger partial charge < -0.3 is 4.42 Å². The van der Waals surface area contributed by atoms with E-state index in [1.165, 1.54) is 32.5 Å². The molecule has 55 heavy (non-hydrogen) atoms. The first-order valence-electron chi connectivity index (χ1n) is 18.5. The summed E-state index contributed by atoms with van der Waals surface area (Å²) in [6.07, 6.45) is 0. The molecule has 11 rings (SSSR count). The highest BCUT2D eigenvalue weighted by atomic mass is 16.3. The largest absolute Gasteiger partial charge is 0.455 e. The number of aromatic nitrogens is 3. The van der Waals surface area contributed by atoms with Crippen LogP contribution in [0.25, 0.3) is 111 Å². The number of furan rings is 1. The van der Waals surface area contributed by atoms with Crippen LogP contribution in [0.5, 0.6) is 0 Å². The minimum absolute atomic E-state index is 0.593. The Balaban J connectivity index is 1.09. The van der Waals surface area contributed by atoms with Gasteiger partial charge in [0.2, 0.25) is 0 Å². The zero-order chi connectivity index (χ0) is 36.3. The zero-order valence-corrected chi connectivity index (χ0v) is 29.6. The first kappa shape index (κ1) is 31.1. The SMILES string of the molecule is c1ccc2cc(-c3ccc(-c4nc(-c5ccc6ccccc6c5)nc(-c5cccc6oc7c(-c8cccc9ccccc89)cccc7c56)n4)cc3)ccc2c1. The van der Waals surface area contributed by atoms with Gasteiger partial charge in [0.15, 0.2) is 17.5 Å². The third-order valence-electron chi connectivity index (χ3n) is 10.7. The van der Waals surface area contributed by atoms with Crippen molar-refractivity contribution in [2.45, 2.75) is 0 Å². The van der Waals surface area contributed by atoms with Crippen LogP contribution < -0.4 is 0 Å². The molecule has 0 spiro atoms. The third-order valence-corrected chi connectivity index (χ3v) is 10.7. The summed E-state index contributed by atoms with van der Waals surface area (Å²) in [6, 6.07) is 65.8. The normalized spacial score (nSPS) is 11.6. The number of hydrogen-bond acceptors (Lipinski definition) is 4. The van der Waals surface area contributed by atoms with Gasteiger partial charge in [0.25, 0.3) is 0 Å². The Kier molecular flexibility index (Phi) is 7.14. The Hall–Kier alpha value is -7.43. The van der Waals surface area contributed by atoms with Crippen molar-refractivity contribution in [1.82, 2.24) is 15.0 Å². The summed E-state index contributed by atoms with van der Waals surface area (Å²) in [6.45, 7) is 0. The van der Waals surface area contributed by atoms with E-state index in [2.05, 4.69) is 176 Å². The van der Waals surface area contributed by atoms with Crippen molar-refractivity contribution in [3.8, 4) is 56.4 Å². The number of hydrogen-bond donors (Lipinski definition) is 0. The smallest absolute Gasteiger partial charge is 0.164 e. The fraction of sp³-hybridized carbons (Fsp3) is 0. The first-order valence-corrected chi connectivity index (χ1v) is 18.5. The fourth-order valence-corrected chi connectivity index (χ4v) is 7.97. The summed E-state index contributed by atoms with van der Waals surface area (Å²) in [4.78, 5) is 15.5. The van der Waals surface area contributed by atoms with Gasteiger partial charge in [-0.3, -0.25) is 0 Å². The van der Waals surface area contributed by atoms with Gasteiger partial charge >= 0.3 is 0 Å². The van der Waals surface area contributed by atoms with E-state index in [0.29, 0.717) is 17.5 Å². The molecule has 0 saturated carbocycles. The summed E-state index contributed by atoms with van der Waals surface area (Å²) in [5.74, 6) is 1.82. The molecular weight excluding hydrogens is 671 g/mol. The van der Waals surface area contributed by atoms with Crippen LogP contribution >= 0.6 is 0 Å². The molecule has 4 nitrogen and oxygen atoms in total. The number of nitrogens with zero attached hydrogens (tertiary/aromatic N) is 3. The minimum atomic E-state index is 0.593. The highest BCUT2D eigenvalue weighted by Crippen LogP contribution is 2.42. The van der Waals surface area contributed by atoms with Crippen LogP contribution in [0.4, 0.5) is 0 Å². The second kappa shape index (κ2) is 12.6. The number of benzene rings is 9. The predicted molar refractivity (Wildman–Crippen MR) is 227 cm³/mol. The summed E-state index contributed by atoms with van der Waals surface area (Å²) in [7, 11) is 0. The van der Waals surface area contributed by atoms with Gasteiger partial charge in [-0.15, -0.1) is 0 Å². The Bertz CT molecular complexity index is 3270. The van der Waals surface area contributed by atoms with E-state index in [9.17, 15) is 0 Å². The van der Waals surface area contributed by atoms with Crippen LogP contribution in [0, 0.1) is 0 Å². The molecule has 256 valence electrons. The molecule has 0 aliphatic carbocycles. The van der Waals surface area contributed by atoms with Gasteiger partial charge in [0.1, 0.15) is 11.2 Å². The van der Waals surface area contributed by atoms with Crippen LogP contribution in [-0.4, -0.2) is 15.0 Å². The summed E-state index contributed by atoms with van der Waals surface area (Å²) in [5, 5.41) is 9.13. The average Bonchev–Trinajstić information content (AvgIpc) is 3.65. The molecule has 0 radical (unpaired) electrons. The number of fused-ring (bicyclic) bond motifs is 6. The third kappa shape index (κ3) is 5.34. The Morgan fingerprint density at radius 1 is 0.309 bits per heavy atom. The van der Waals surface area contributed by atoms with E-state index >= 15 is 0 Å². The average molecular weight is 702 g/mol. The summed E-state index contributed by atoms with van der Waals surface area (Å²) < 4.78 is 6.74. The van der Waals surface area contributed by atoms with Crippen molar-refractivity contribution < 1.29 is 4.42 Å². The molecule has 0 bridgehead atoms. The lowest BCUT2D eigenvalue weighted by atomic mass is 9.96. The van der Waals surface area contributed by atoms with Crippen molar-refractivity contribution >= 4 is 54.3 Å². The van der Waals surface area contributed by atoms with Crippen molar-refractivity contribution in [2.75, 3.05) is 0 Å². The molecular formula is C51H31N3O. The Morgan fingerprint density at radius 3 is 1.60 bits per heavy atom. The van der Waals surface area contributed by atoms with Crippen molar-refractivity contribution in [3.63, 3.8) is 0 Å². The molecule has 4 heteroatoms. The van der Waals surface area contributed by atoms with Gasteiger partial charge in [-0.2, -0.15) is 0 Å². The van der Waals surface area contributed by atoms with Gasteiger partial charge in [-0.1, -0.05) is 170 Å². The van der Waals surface area contributed by atoms with Gasteiger partial charge in [-0.25, -0.2) is 15.0 Å². The fourth-order valence-electron chi connectivity index (χ4n) is 7.97. The van der Waals surface area contributed by atoms with E-state index in [1.54, 1.807) is 0 Å².